The summed E-state index contributed by atoms with van der Waals surface area (Å²) < 4.78 is 56.4. The molecule has 1 aliphatic heterocycles. The van der Waals surface area contributed by atoms with Crippen LogP contribution in [-0.4, -0.2) is 34.4 Å². The topological polar surface area (TPSA) is 67.4 Å². The number of sulfone groups is 1. The van der Waals surface area contributed by atoms with Crippen LogP contribution in [-0.2, 0) is 9.84 Å². The lowest BCUT2D eigenvalue weighted by molar-refractivity contribution is 0.288. The number of rotatable bonds is 6. The molecule has 0 aromatic heterocycles. The van der Waals surface area contributed by atoms with Crippen LogP contribution in [0, 0.1) is 11.6 Å². The highest BCUT2D eigenvalue weighted by molar-refractivity contribution is 7.91. The fraction of sp³-hybridized carbons (Fsp3) is 0.333. The van der Waals surface area contributed by atoms with Gasteiger partial charge in [-0.2, -0.15) is 0 Å². The third-order valence-electron chi connectivity index (χ3n) is 4.33. The molecule has 9 heteroatoms. The first-order valence-electron chi connectivity index (χ1n) is 8.26. The second-order valence-electron chi connectivity index (χ2n) is 6.04. The van der Waals surface area contributed by atoms with Crippen LogP contribution >= 0.6 is 12.4 Å². The van der Waals surface area contributed by atoms with E-state index in [1.54, 1.807) is 19.2 Å². The fourth-order valence-corrected chi connectivity index (χ4v) is 4.59. The summed E-state index contributed by atoms with van der Waals surface area (Å²) in [5, 5.41) is 6.24. The Balaban J connectivity index is 0.00000261. The van der Waals surface area contributed by atoms with Gasteiger partial charge in [0.15, 0.2) is 21.4 Å². The molecule has 1 heterocycles. The second-order valence-corrected chi connectivity index (χ2v) is 8.12. The fourth-order valence-electron chi connectivity index (χ4n) is 2.99. The minimum atomic E-state index is -3.27. The third kappa shape index (κ3) is 4.88. The lowest BCUT2D eigenvalue weighted by atomic mass is 10.0. The molecule has 0 saturated heterocycles. The lowest BCUT2D eigenvalue weighted by Gasteiger charge is -2.27. The van der Waals surface area contributed by atoms with E-state index in [1.165, 1.54) is 0 Å². The number of hydrogen-bond donors (Lipinski definition) is 2. The molecule has 0 saturated carbocycles. The number of nitrogens with one attached hydrogen (secondary N) is 2. The van der Waals surface area contributed by atoms with Gasteiger partial charge in [-0.15, -0.1) is 12.4 Å². The van der Waals surface area contributed by atoms with Gasteiger partial charge in [0.05, 0.1) is 10.6 Å². The Bertz CT molecular complexity index is 909. The van der Waals surface area contributed by atoms with E-state index >= 15 is 0 Å². The van der Waals surface area contributed by atoms with E-state index in [0.29, 0.717) is 23.4 Å². The standard InChI is InChI=1S/C18H20F2N2O3S.ClH/c1-21-13-3-5-18-14(11-13)16(6-9-26(18,23)24)22-7-8-25-17-10-12(19)2-4-15(17)20;/h2-5,10-11,16,21-22H,6-9H2,1H3;1H. The predicted molar refractivity (Wildman–Crippen MR) is 103 cm³/mol. The number of anilines is 1. The first kappa shape index (κ1) is 21.4. The maximum Gasteiger partial charge on any atom is 0.178 e. The number of ether oxygens (including phenoxy) is 1. The first-order chi connectivity index (χ1) is 12.4. The van der Waals surface area contributed by atoms with Crippen molar-refractivity contribution in [1.29, 1.82) is 0 Å². The Labute approximate surface area is 163 Å². The Kier molecular flexibility index (Phi) is 7.02. The Morgan fingerprint density at radius 2 is 1.96 bits per heavy atom. The largest absolute Gasteiger partial charge is 0.489 e. The van der Waals surface area contributed by atoms with Gasteiger partial charge in [-0.3, -0.25) is 0 Å². The molecule has 0 bridgehead atoms. The van der Waals surface area contributed by atoms with E-state index in [1.807, 2.05) is 6.07 Å². The van der Waals surface area contributed by atoms with E-state index < -0.39 is 21.5 Å². The van der Waals surface area contributed by atoms with Crippen molar-refractivity contribution in [3.05, 3.63) is 53.6 Å². The number of hydrogen-bond acceptors (Lipinski definition) is 5. The molecule has 27 heavy (non-hydrogen) atoms. The normalized spacial score (nSPS) is 17.5. The van der Waals surface area contributed by atoms with Gasteiger partial charge >= 0.3 is 0 Å². The van der Waals surface area contributed by atoms with Crippen molar-refractivity contribution in [2.24, 2.45) is 0 Å². The summed E-state index contributed by atoms with van der Waals surface area (Å²) in [7, 11) is -1.51. The third-order valence-corrected chi connectivity index (χ3v) is 6.14. The van der Waals surface area contributed by atoms with Crippen LogP contribution in [0.4, 0.5) is 14.5 Å². The van der Waals surface area contributed by atoms with E-state index in [9.17, 15) is 17.2 Å². The number of benzene rings is 2. The van der Waals surface area contributed by atoms with E-state index in [-0.39, 0.29) is 36.6 Å². The summed E-state index contributed by atoms with van der Waals surface area (Å²) in [6, 6.07) is 8.05. The van der Waals surface area contributed by atoms with Crippen molar-refractivity contribution in [2.45, 2.75) is 17.4 Å². The zero-order chi connectivity index (χ0) is 18.7. The van der Waals surface area contributed by atoms with Gasteiger partial charge in [0.1, 0.15) is 12.4 Å². The lowest BCUT2D eigenvalue weighted by Crippen LogP contribution is -2.32. The number of halogens is 3. The molecule has 1 atom stereocenters. The van der Waals surface area contributed by atoms with Crippen molar-refractivity contribution >= 4 is 27.9 Å². The van der Waals surface area contributed by atoms with Crippen LogP contribution < -0.4 is 15.4 Å². The highest BCUT2D eigenvalue weighted by Crippen LogP contribution is 2.33. The molecule has 0 spiro atoms. The summed E-state index contributed by atoms with van der Waals surface area (Å²) in [4.78, 5) is 0.331. The van der Waals surface area contributed by atoms with Crippen molar-refractivity contribution in [2.75, 3.05) is 31.3 Å². The molecule has 2 aromatic rings. The second kappa shape index (κ2) is 8.86. The molecule has 2 N–H and O–H groups in total. The molecule has 0 fully saturated rings. The van der Waals surface area contributed by atoms with Gasteiger partial charge < -0.3 is 15.4 Å². The summed E-state index contributed by atoms with van der Waals surface area (Å²) in [5.41, 5.74) is 1.53. The van der Waals surface area contributed by atoms with E-state index in [0.717, 1.165) is 23.9 Å². The zero-order valence-electron chi connectivity index (χ0n) is 14.7. The molecule has 5 nitrogen and oxygen atoms in total. The van der Waals surface area contributed by atoms with Gasteiger partial charge in [0.2, 0.25) is 0 Å². The molecule has 1 unspecified atom stereocenters. The Morgan fingerprint density at radius 1 is 1.19 bits per heavy atom. The van der Waals surface area contributed by atoms with Gasteiger partial charge in [-0.25, -0.2) is 17.2 Å². The van der Waals surface area contributed by atoms with Crippen molar-refractivity contribution in [1.82, 2.24) is 5.32 Å². The molecular formula is C18H21ClF2N2O3S. The molecule has 148 valence electrons. The summed E-state index contributed by atoms with van der Waals surface area (Å²) in [5.74, 6) is -1.27. The summed E-state index contributed by atoms with van der Waals surface area (Å²) in [6.45, 7) is 0.495. The van der Waals surface area contributed by atoms with Crippen molar-refractivity contribution < 1.29 is 21.9 Å². The molecule has 0 amide bonds. The quantitative estimate of drug-likeness (QED) is 0.704. The summed E-state index contributed by atoms with van der Waals surface area (Å²) >= 11 is 0. The van der Waals surface area contributed by atoms with Crippen LogP contribution in [0.5, 0.6) is 5.75 Å². The predicted octanol–water partition coefficient (Wildman–Crippen LogP) is 3.32. The molecule has 0 radical (unpaired) electrons. The average Bonchev–Trinajstić information content (AvgIpc) is 2.62. The minimum absolute atomic E-state index is 0. The maximum absolute atomic E-state index is 13.5. The van der Waals surface area contributed by atoms with Gasteiger partial charge in [0.25, 0.3) is 0 Å². The van der Waals surface area contributed by atoms with E-state index in [2.05, 4.69) is 10.6 Å². The Hall–Kier alpha value is -1.90. The van der Waals surface area contributed by atoms with Crippen LogP contribution in [0.15, 0.2) is 41.3 Å². The van der Waals surface area contributed by atoms with Crippen LogP contribution in [0.3, 0.4) is 0 Å². The summed E-state index contributed by atoms with van der Waals surface area (Å²) in [6.07, 6.45) is 0.441. The molecular weight excluding hydrogens is 398 g/mol. The Morgan fingerprint density at radius 3 is 2.70 bits per heavy atom. The zero-order valence-corrected chi connectivity index (χ0v) is 16.3. The molecule has 3 rings (SSSR count). The SMILES string of the molecule is CNc1ccc2c(c1)C(NCCOc1cc(F)ccc1F)CCS2(=O)=O.Cl. The van der Waals surface area contributed by atoms with Crippen LogP contribution in [0.25, 0.3) is 0 Å². The van der Waals surface area contributed by atoms with Crippen molar-refractivity contribution in [3.8, 4) is 5.75 Å². The van der Waals surface area contributed by atoms with Gasteiger partial charge in [0, 0.05) is 31.4 Å². The van der Waals surface area contributed by atoms with Crippen LogP contribution in [0.1, 0.15) is 18.0 Å². The van der Waals surface area contributed by atoms with Gasteiger partial charge in [-0.05, 0) is 42.3 Å². The maximum atomic E-state index is 13.5. The van der Waals surface area contributed by atoms with E-state index in [4.69, 9.17) is 4.74 Å². The minimum Gasteiger partial charge on any atom is -0.489 e. The van der Waals surface area contributed by atoms with Crippen molar-refractivity contribution in [3.63, 3.8) is 0 Å². The smallest absolute Gasteiger partial charge is 0.178 e. The molecule has 1 aliphatic rings. The number of fused-ring (bicyclic) bond motifs is 1. The first-order valence-corrected chi connectivity index (χ1v) is 9.91. The highest BCUT2D eigenvalue weighted by Gasteiger charge is 2.30. The van der Waals surface area contributed by atoms with Crippen LogP contribution in [0.2, 0.25) is 0 Å². The monoisotopic (exact) mass is 418 g/mol. The van der Waals surface area contributed by atoms with Gasteiger partial charge in [-0.1, -0.05) is 0 Å². The molecule has 2 aromatic carbocycles. The average molecular weight is 419 g/mol. The molecule has 0 aliphatic carbocycles. The highest BCUT2D eigenvalue weighted by atomic mass is 35.5.